The smallest absolute Gasteiger partial charge is 0.293 e. The van der Waals surface area contributed by atoms with Gasteiger partial charge < -0.3 is 9.73 Å². The maximum atomic E-state index is 11.8. The van der Waals surface area contributed by atoms with Crippen molar-refractivity contribution in [2.24, 2.45) is 0 Å². The number of furan rings is 1. The molecular formula is C14H10ClN3O2S2. The van der Waals surface area contributed by atoms with E-state index in [1.807, 2.05) is 13.0 Å². The van der Waals surface area contributed by atoms with Gasteiger partial charge in [-0.1, -0.05) is 22.9 Å². The lowest BCUT2D eigenvalue weighted by Gasteiger charge is -2.04. The van der Waals surface area contributed by atoms with Crippen LogP contribution in [0.25, 0.3) is 10.2 Å². The number of anilines is 1. The van der Waals surface area contributed by atoms with Crippen molar-refractivity contribution in [3.8, 4) is 0 Å². The predicted octanol–water partition coefficient (Wildman–Crippen LogP) is 3.98. The van der Waals surface area contributed by atoms with Gasteiger partial charge in [-0.05, 0) is 49.0 Å². The zero-order valence-corrected chi connectivity index (χ0v) is 13.7. The Hall–Kier alpha value is -1.96. The lowest BCUT2D eigenvalue weighted by Crippen LogP contribution is -2.33. The van der Waals surface area contributed by atoms with Crippen LogP contribution in [0.15, 0.2) is 34.9 Å². The van der Waals surface area contributed by atoms with Crippen molar-refractivity contribution in [1.82, 2.24) is 10.3 Å². The third-order valence-corrected chi connectivity index (χ3v) is 4.41. The van der Waals surface area contributed by atoms with Crippen LogP contribution < -0.4 is 10.6 Å². The standard InChI is InChI=1S/C14H10ClN3O2S2/c1-7-5-11-9(6-8(7)15)16-14(22-11)18-13(21)17-12(19)10-3-2-4-20-10/h2-6H,1H3,(H2,16,17,18,19,21). The minimum Gasteiger partial charge on any atom is -0.459 e. The second-order valence-corrected chi connectivity index (χ2v) is 6.32. The average Bonchev–Trinajstić information content (AvgIpc) is 3.08. The number of benzene rings is 1. The highest BCUT2D eigenvalue weighted by molar-refractivity contribution is 7.80. The Morgan fingerprint density at radius 3 is 3.00 bits per heavy atom. The third kappa shape index (κ3) is 3.11. The Bertz CT molecular complexity index is 819. The average molecular weight is 352 g/mol. The molecular weight excluding hydrogens is 342 g/mol. The van der Waals surface area contributed by atoms with E-state index in [-0.39, 0.29) is 10.9 Å². The molecule has 1 aromatic carbocycles. The largest absolute Gasteiger partial charge is 0.459 e. The Morgan fingerprint density at radius 1 is 1.45 bits per heavy atom. The fourth-order valence-electron chi connectivity index (χ4n) is 1.80. The van der Waals surface area contributed by atoms with Crippen LogP contribution in [0, 0.1) is 6.92 Å². The van der Waals surface area contributed by atoms with Gasteiger partial charge in [0, 0.05) is 5.02 Å². The number of hydrogen-bond donors (Lipinski definition) is 2. The summed E-state index contributed by atoms with van der Waals surface area (Å²) in [7, 11) is 0. The first kappa shape index (κ1) is 15.0. The van der Waals surface area contributed by atoms with Crippen LogP contribution >= 0.6 is 35.2 Å². The van der Waals surface area contributed by atoms with Crippen LogP contribution in [0.3, 0.4) is 0 Å². The number of rotatable bonds is 2. The van der Waals surface area contributed by atoms with E-state index in [0.717, 1.165) is 15.8 Å². The van der Waals surface area contributed by atoms with Gasteiger partial charge >= 0.3 is 0 Å². The van der Waals surface area contributed by atoms with E-state index < -0.39 is 5.91 Å². The highest BCUT2D eigenvalue weighted by Gasteiger charge is 2.12. The molecule has 3 aromatic rings. The quantitative estimate of drug-likeness (QED) is 0.683. The van der Waals surface area contributed by atoms with Gasteiger partial charge in [-0.25, -0.2) is 4.98 Å². The number of nitrogens with zero attached hydrogens (tertiary/aromatic N) is 1. The molecule has 0 saturated heterocycles. The molecule has 8 heteroatoms. The Labute approximate surface area is 140 Å². The molecule has 0 spiro atoms. The lowest BCUT2D eigenvalue weighted by molar-refractivity contribution is 0.0950. The minimum atomic E-state index is -0.414. The van der Waals surface area contributed by atoms with Gasteiger partial charge in [-0.2, -0.15) is 0 Å². The number of aryl methyl sites for hydroxylation is 1. The summed E-state index contributed by atoms with van der Waals surface area (Å²) in [6.07, 6.45) is 1.42. The molecule has 0 fully saturated rings. The molecule has 112 valence electrons. The summed E-state index contributed by atoms with van der Waals surface area (Å²) < 4.78 is 5.98. The van der Waals surface area contributed by atoms with Crippen molar-refractivity contribution in [2.45, 2.75) is 6.92 Å². The van der Waals surface area contributed by atoms with E-state index in [2.05, 4.69) is 15.6 Å². The number of thiazole rings is 1. The van der Waals surface area contributed by atoms with Crippen molar-refractivity contribution in [1.29, 1.82) is 0 Å². The molecule has 2 aromatic heterocycles. The summed E-state index contributed by atoms with van der Waals surface area (Å²) in [4.78, 5) is 16.2. The minimum absolute atomic E-state index is 0.156. The first-order valence-corrected chi connectivity index (χ1v) is 7.86. The summed E-state index contributed by atoms with van der Waals surface area (Å²) in [6.45, 7) is 1.93. The highest BCUT2D eigenvalue weighted by atomic mass is 35.5. The predicted molar refractivity (Wildman–Crippen MR) is 91.8 cm³/mol. The Morgan fingerprint density at radius 2 is 2.27 bits per heavy atom. The number of carbonyl (C=O) groups excluding carboxylic acids is 1. The van der Waals surface area contributed by atoms with Crippen LogP contribution in [0.4, 0.5) is 5.13 Å². The van der Waals surface area contributed by atoms with Gasteiger partial charge in [0.25, 0.3) is 5.91 Å². The second-order valence-electron chi connectivity index (χ2n) is 4.47. The van der Waals surface area contributed by atoms with E-state index in [9.17, 15) is 4.79 Å². The number of nitrogens with one attached hydrogen (secondary N) is 2. The first-order chi connectivity index (χ1) is 10.5. The van der Waals surface area contributed by atoms with Crippen molar-refractivity contribution in [2.75, 3.05) is 5.32 Å². The van der Waals surface area contributed by atoms with Gasteiger partial charge in [0.2, 0.25) is 0 Å². The number of halogens is 1. The molecule has 3 rings (SSSR count). The van der Waals surface area contributed by atoms with Crippen molar-refractivity contribution in [3.05, 3.63) is 46.9 Å². The second kappa shape index (κ2) is 6.04. The van der Waals surface area contributed by atoms with E-state index in [1.54, 1.807) is 18.2 Å². The number of fused-ring (bicyclic) bond motifs is 1. The van der Waals surface area contributed by atoms with Crippen LogP contribution in [-0.4, -0.2) is 16.0 Å². The van der Waals surface area contributed by atoms with Gasteiger partial charge in [-0.15, -0.1) is 0 Å². The van der Waals surface area contributed by atoms with Gasteiger partial charge in [0.05, 0.1) is 16.5 Å². The molecule has 5 nitrogen and oxygen atoms in total. The topological polar surface area (TPSA) is 67.2 Å². The van der Waals surface area contributed by atoms with Crippen molar-refractivity contribution in [3.63, 3.8) is 0 Å². The number of thiocarbonyl (C=S) groups is 1. The summed E-state index contributed by atoms with van der Waals surface area (Å²) >= 11 is 12.6. The molecule has 0 aliphatic rings. The number of hydrogen-bond acceptors (Lipinski definition) is 5. The van der Waals surface area contributed by atoms with Crippen molar-refractivity contribution >= 4 is 61.5 Å². The SMILES string of the molecule is Cc1cc2sc(NC(=S)NC(=O)c3ccco3)nc2cc1Cl. The fraction of sp³-hybridized carbons (Fsp3) is 0.0714. The van der Waals surface area contributed by atoms with Gasteiger partial charge in [0.15, 0.2) is 16.0 Å². The molecule has 2 N–H and O–H groups in total. The summed E-state index contributed by atoms with van der Waals surface area (Å²) in [5, 5.41) is 6.82. The molecule has 0 unspecified atom stereocenters. The number of aromatic nitrogens is 1. The zero-order valence-electron chi connectivity index (χ0n) is 11.3. The van der Waals surface area contributed by atoms with Crippen LogP contribution in [0.2, 0.25) is 5.02 Å². The lowest BCUT2D eigenvalue weighted by atomic mass is 10.2. The third-order valence-electron chi connectivity index (χ3n) is 2.86. The molecule has 0 aliphatic heterocycles. The summed E-state index contributed by atoms with van der Waals surface area (Å²) in [5.41, 5.74) is 1.77. The maximum absolute atomic E-state index is 11.8. The van der Waals surface area contributed by atoms with Crippen LogP contribution in [0.5, 0.6) is 0 Å². The number of amides is 1. The van der Waals surface area contributed by atoms with E-state index in [4.69, 9.17) is 28.2 Å². The zero-order chi connectivity index (χ0) is 15.7. The van der Waals surface area contributed by atoms with E-state index in [0.29, 0.717) is 10.2 Å². The molecule has 0 aliphatic carbocycles. The molecule has 0 saturated carbocycles. The Kier molecular flexibility index (Phi) is 4.10. The first-order valence-electron chi connectivity index (χ1n) is 6.25. The number of carbonyl (C=O) groups is 1. The molecule has 0 radical (unpaired) electrons. The monoisotopic (exact) mass is 351 g/mol. The normalized spacial score (nSPS) is 10.6. The maximum Gasteiger partial charge on any atom is 0.293 e. The van der Waals surface area contributed by atoms with E-state index >= 15 is 0 Å². The van der Waals surface area contributed by atoms with Gasteiger partial charge in [-0.3, -0.25) is 10.1 Å². The molecule has 1 amide bonds. The highest BCUT2D eigenvalue weighted by Crippen LogP contribution is 2.30. The van der Waals surface area contributed by atoms with Crippen molar-refractivity contribution < 1.29 is 9.21 Å². The van der Waals surface area contributed by atoms with Crippen LogP contribution in [-0.2, 0) is 0 Å². The van der Waals surface area contributed by atoms with Gasteiger partial charge in [0.1, 0.15) is 0 Å². The van der Waals surface area contributed by atoms with E-state index in [1.165, 1.54) is 17.6 Å². The van der Waals surface area contributed by atoms with Crippen LogP contribution in [0.1, 0.15) is 16.1 Å². The molecule has 2 heterocycles. The summed E-state index contributed by atoms with van der Waals surface area (Å²) in [6, 6.07) is 6.95. The fourth-order valence-corrected chi connectivity index (χ4v) is 3.17. The summed E-state index contributed by atoms with van der Waals surface area (Å²) in [5.74, 6) is -0.224. The molecule has 0 atom stereocenters. The molecule has 0 bridgehead atoms. The Balaban J connectivity index is 1.72. The molecule has 22 heavy (non-hydrogen) atoms.